The minimum absolute atomic E-state index is 0.258. The Hall–Kier alpha value is -3.37. The lowest BCUT2D eigenvalue weighted by atomic mass is 10.0. The van der Waals surface area contributed by atoms with Crippen molar-refractivity contribution in [3.8, 4) is 0 Å². The van der Waals surface area contributed by atoms with Gasteiger partial charge in [0, 0.05) is 10.7 Å². The van der Waals surface area contributed by atoms with Gasteiger partial charge in [0.15, 0.2) is 0 Å². The molecule has 3 aromatic carbocycles. The van der Waals surface area contributed by atoms with E-state index >= 15 is 0 Å². The molecule has 29 heavy (non-hydrogen) atoms. The summed E-state index contributed by atoms with van der Waals surface area (Å²) in [5, 5.41) is 3.80. The van der Waals surface area contributed by atoms with Crippen molar-refractivity contribution in [2.45, 2.75) is 13.8 Å². The van der Waals surface area contributed by atoms with Gasteiger partial charge >= 0.3 is 0 Å². The van der Waals surface area contributed by atoms with Gasteiger partial charge in [-0.15, -0.1) is 0 Å². The van der Waals surface area contributed by atoms with Crippen molar-refractivity contribution in [1.29, 1.82) is 0 Å². The van der Waals surface area contributed by atoms with Crippen LogP contribution < -0.4 is 10.2 Å². The second-order valence-corrected chi connectivity index (χ2v) is 7.42. The van der Waals surface area contributed by atoms with E-state index in [4.69, 9.17) is 11.6 Å². The van der Waals surface area contributed by atoms with E-state index in [0.29, 0.717) is 21.8 Å². The van der Waals surface area contributed by atoms with Crippen LogP contribution in [0.4, 0.5) is 11.4 Å². The first-order valence-electron chi connectivity index (χ1n) is 9.24. The van der Waals surface area contributed by atoms with Crippen LogP contribution in [0.1, 0.15) is 16.7 Å². The van der Waals surface area contributed by atoms with Gasteiger partial charge in [0.05, 0.1) is 11.3 Å². The minimum Gasteiger partial charge on any atom is -0.350 e. The lowest BCUT2D eigenvalue weighted by Crippen LogP contribution is -2.32. The van der Waals surface area contributed by atoms with Crippen LogP contribution in [0.3, 0.4) is 0 Å². The summed E-state index contributed by atoms with van der Waals surface area (Å²) < 4.78 is 0. The van der Waals surface area contributed by atoms with Gasteiger partial charge in [-0.25, -0.2) is 4.90 Å². The van der Waals surface area contributed by atoms with Gasteiger partial charge in [0.25, 0.3) is 11.8 Å². The molecule has 0 aromatic heterocycles. The first kappa shape index (κ1) is 19.0. The number of rotatable bonds is 4. The molecule has 0 bridgehead atoms. The molecule has 0 radical (unpaired) electrons. The SMILES string of the molecule is Cc1ccc(C2=C(Nc3ccc(Cl)cc3C)C(=O)N(c3ccccc3)C2=O)cc1. The van der Waals surface area contributed by atoms with Crippen molar-refractivity contribution in [2.24, 2.45) is 0 Å². The molecular formula is C24H19ClN2O2. The highest BCUT2D eigenvalue weighted by Gasteiger charge is 2.40. The van der Waals surface area contributed by atoms with Gasteiger partial charge < -0.3 is 5.32 Å². The molecule has 0 aliphatic carbocycles. The largest absolute Gasteiger partial charge is 0.350 e. The normalized spacial score (nSPS) is 14.0. The van der Waals surface area contributed by atoms with E-state index in [9.17, 15) is 9.59 Å². The van der Waals surface area contributed by atoms with Crippen molar-refractivity contribution >= 4 is 40.4 Å². The number of imide groups is 1. The van der Waals surface area contributed by atoms with Crippen LogP contribution in [0.25, 0.3) is 5.57 Å². The van der Waals surface area contributed by atoms with Crippen molar-refractivity contribution in [1.82, 2.24) is 0 Å². The summed E-state index contributed by atoms with van der Waals surface area (Å²) >= 11 is 6.06. The van der Waals surface area contributed by atoms with Crippen LogP contribution in [0, 0.1) is 13.8 Å². The zero-order chi connectivity index (χ0) is 20.5. The first-order chi connectivity index (χ1) is 14.0. The lowest BCUT2D eigenvalue weighted by Gasteiger charge is -2.15. The molecule has 0 fully saturated rings. The van der Waals surface area contributed by atoms with Crippen molar-refractivity contribution in [3.05, 3.63) is 100 Å². The van der Waals surface area contributed by atoms with Crippen LogP contribution in [-0.2, 0) is 9.59 Å². The Morgan fingerprint density at radius 2 is 1.52 bits per heavy atom. The second-order valence-electron chi connectivity index (χ2n) is 6.98. The molecule has 1 heterocycles. The highest BCUT2D eigenvalue weighted by atomic mass is 35.5. The molecule has 0 unspecified atom stereocenters. The average molecular weight is 403 g/mol. The molecule has 5 heteroatoms. The van der Waals surface area contributed by atoms with Gasteiger partial charge in [0.1, 0.15) is 5.70 Å². The lowest BCUT2D eigenvalue weighted by molar-refractivity contribution is -0.120. The molecule has 0 saturated carbocycles. The number of anilines is 2. The zero-order valence-corrected chi connectivity index (χ0v) is 16.8. The van der Waals surface area contributed by atoms with E-state index in [-0.39, 0.29) is 17.5 Å². The summed E-state index contributed by atoms with van der Waals surface area (Å²) in [6.45, 7) is 3.88. The zero-order valence-electron chi connectivity index (χ0n) is 16.1. The van der Waals surface area contributed by atoms with Gasteiger partial charge in [-0.05, 0) is 55.3 Å². The molecular weight excluding hydrogens is 384 g/mol. The average Bonchev–Trinajstić information content (AvgIpc) is 2.95. The molecule has 3 aromatic rings. The number of nitrogens with zero attached hydrogens (tertiary/aromatic N) is 1. The maximum absolute atomic E-state index is 13.3. The number of para-hydroxylation sites is 1. The van der Waals surface area contributed by atoms with E-state index in [1.165, 1.54) is 4.90 Å². The Morgan fingerprint density at radius 3 is 2.17 bits per heavy atom. The topological polar surface area (TPSA) is 49.4 Å². The van der Waals surface area contributed by atoms with Crippen LogP contribution in [0.2, 0.25) is 5.02 Å². The van der Waals surface area contributed by atoms with E-state index in [1.807, 2.05) is 50.2 Å². The summed E-state index contributed by atoms with van der Waals surface area (Å²) in [6, 6.07) is 21.9. The Balaban J connectivity index is 1.84. The Labute approximate surface area is 174 Å². The number of hydrogen-bond donors (Lipinski definition) is 1. The fourth-order valence-electron chi connectivity index (χ4n) is 3.35. The van der Waals surface area contributed by atoms with Gasteiger partial charge in [0.2, 0.25) is 0 Å². The summed E-state index contributed by atoms with van der Waals surface area (Å²) in [5.41, 5.74) is 4.53. The van der Waals surface area contributed by atoms with E-state index in [0.717, 1.165) is 16.8 Å². The molecule has 0 atom stereocenters. The number of aryl methyl sites for hydroxylation is 2. The Bertz CT molecular complexity index is 1140. The molecule has 4 rings (SSSR count). The van der Waals surface area contributed by atoms with Gasteiger partial charge in [-0.2, -0.15) is 0 Å². The van der Waals surface area contributed by atoms with E-state index in [1.54, 1.807) is 36.4 Å². The summed E-state index contributed by atoms with van der Waals surface area (Å²) in [5.74, 6) is -0.731. The van der Waals surface area contributed by atoms with Gasteiger partial charge in [-0.1, -0.05) is 59.6 Å². The Morgan fingerprint density at radius 1 is 0.828 bits per heavy atom. The third kappa shape index (κ3) is 3.55. The van der Waals surface area contributed by atoms with Crippen molar-refractivity contribution in [2.75, 3.05) is 10.2 Å². The third-order valence-corrected chi connectivity index (χ3v) is 5.12. The van der Waals surface area contributed by atoms with E-state index in [2.05, 4.69) is 5.32 Å². The standard InChI is InChI=1S/C24H19ClN2O2/c1-15-8-10-17(11-9-15)21-22(26-20-13-12-18(25)14-16(20)2)24(29)27(23(21)28)19-6-4-3-5-7-19/h3-14,26H,1-2H3. The number of amides is 2. The van der Waals surface area contributed by atoms with E-state index < -0.39 is 0 Å². The number of hydrogen-bond acceptors (Lipinski definition) is 3. The highest BCUT2D eigenvalue weighted by molar-refractivity contribution is 6.46. The molecule has 4 nitrogen and oxygen atoms in total. The quantitative estimate of drug-likeness (QED) is 0.598. The van der Waals surface area contributed by atoms with Crippen molar-refractivity contribution < 1.29 is 9.59 Å². The molecule has 0 saturated heterocycles. The monoisotopic (exact) mass is 402 g/mol. The smallest absolute Gasteiger partial charge is 0.282 e. The maximum Gasteiger partial charge on any atom is 0.282 e. The molecule has 1 aliphatic rings. The van der Waals surface area contributed by atoms with Crippen LogP contribution >= 0.6 is 11.6 Å². The predicted molar refractivity (Wildman–Crippen MR) is 117 cm³/mol. The fourth-order valence-corrected chi connectivity index (χ4v) is 3.57. The highest BCUT2D eigenvalue weighted by Crippen LogP contribution is 2.34. The molecule has 0 spiro atoms. The van der Waals surface area contributed by atoms with Crippen LogP contribution in [0.15, 0.2) is 78.5 Å². The molecule has 1 N–H and O–H groups in total. The fraction of sp³-hybridized carbons (Fsp3) is 0.0833. The molecule has 2 amide bonds. The molecule has 1 aliphatic heterocycles. The summed E-state index contributed by atoms with van der Waals surface area (Å²) in [4.78, 5) is 27.8. The van der Waals surface area contributed by atoms with Gasteiger partial charge in [-0.3, -0.25) is 9.59 Å². The predicted octanol–water partition coefficient (Wildman–Crippen LogP) is 5.35. The molecule has 144 valence electrons. The number of nitrogens with one attached hydrogen (secondary N) is 1. The third-order valence-electron chi connectivity index (χ3n) is 4.89. The maximum atomic E-state index is 13.3. The number of carbonyl (C=O) groups excluding carboxylic acids is 2. The Kier molecular flexibility index (Phi) is 4.95. The number of halogens is 1. The van der Waals surface area contributed by atoms with Crippen molar-refractivity contribution in [3.63, 3.8) is 0 Å². The summed E-state index contributed by atoms with van der Waals surface area (Å²) in [6.07, 6.45) is 0. The number of carbonyl (C=O) groups is 2. The number of benzene rings is 3. The summed E-state index contributed by atoms with van der Waals surface area (Å²) in [7, 11) is 0. The van der Waals surface area contributed by atoms with Crippen LogP contribution in [-0.4, -0.2) is 11.8 Å². The van der Waals surface area contributed by atoms with Crippen LogP contribution in [0.5, 0.6) is 0 Å². The first-order valence-corrected chi connectivity index (χ1v) is 9.62. The minimum atomic E-state index is -0.383. The second kappa shape index (κ2) is 7.57.